The molecular weight excluding hydrogens is 492 g/mol. The Labute approximate surface area is 223 Å². The van der Waals surface area contributed by atoms with E-state index in [4.69, 9.17) is 0 Å². The van der Waals surface area contributed by atoms with E-state index in [9.17, 15) is 23.1 Å². The molecule has 0 aliphatic carbocycles. The molecule has 3 N–H and O–H groups in total. The first kappa shape index (κ1) is 31.2. The number of carbonyl (C=O) groups excluding carboxylic acids is 2. The summed E-state index contributed by atoms with van der Waals surface area (Å²) in [4.78, 5) is 28.3. The molecule has 9 nitrogen and oxygen atoms in total. The van der Waals surface area contributed by atoms with Crippen LogP contribution in [-0.2, 0) is 26.0 Å². The van der Waals surface area contributed by atoms with E-state index >= 15 is 0 Å². The molecule has 1 aliphatic heterocycles. The molecular formula is C27H46N4O5S. The average molecular weight is 539 g/mol. The number of likely N-dealkylation sites (tertiary alicyclic amines) is 1. The smallest absolute Gasteiger partial charge is 0.243 e. The molecule has 4 atom stereocenters. The highest BCUT2D eigenvalue weighted by atomic mass is 32.2. The minimum atomic E-state index is -3.55. The van der Waals surface area contributed by atoms with Crippen LogP contribution in [0.25, 0.3) is 0 Å². The fourth-order valence-electron chi connectivity index (χ4n) is 4.58. The average Bonchev–Trinajstić information content (AvgIpc) is 3.33. The number of sulfonamides is 1. The number of carbonyl (C=O) groups is 2. The lowest BCUT2D eigenvalue weighted by molar-refractivity contribution is -0.131. The van der Waals surface area contributed by atoms with Crippen LogP contribution >= 0.6 is 0 Å². The maximum absolute atomic E-state index is 13.5. The lowest BCUT2D eigenvalue weighted by atomic mass is 9.96. The van der Waals surface area contributed by atoms with Gasteiger partial charge in [0.2, 0.25) is 21.8 Å². The van der Waals surface area contributed by atoms with Gasteiger partial charge in [-0.1, -0.05) is 64.4 Å². The highest BCUT2D eigenvalue weighted by molar-refractivity contribution is 7.88. The Hall–Kier alpha value is -2.01. The van der Waals surface area contributed by atoms with Crippen molar-refractivity contribution in [2.24, 2.45) is 11.8 Å². The summed E-state index contributed by atoms with van der Waals surface area (Å²) in [6.45, 7) is 9.85. The van der Waals surface area contributed by atoms with Gasteiger partial charge in [0, 0.05) is 13.1 Å². The second kappa shape index (κ2) is 14.8. The van der Waals surface area contributed by atoms with Gasteiger partial charge in [-0.2, -0.15) is 4.31 Å². The van der Waals surface area contributed by atoms with E-state index in [0.717, 1.165) is 37.8 Å². The summed E-state index contributed by atoms with van der Waals surface area (Å²) < 4.78 is 26.0. The van der Waals surface area contributed by atoms with Gasteiger partial charge >= 0.3 is 0 Å². The number of nitrogens with zero attached hydrogens (tertiary/aromatic N) is 2. The van der Waals surface area contributed by atoms with Gasteiger partial charge < -0.3 is 15.7 Å². The van der Waals surface area contributed by atoms with Gasteiger partial charge in [0.25, 0.3) is 0 Å². The molecule has 2 amide bonds. The predicted molar refractivity (Wildman–Crippen MR) is 146 cm³/mol. The molecule has 37 heavy (non-hydrogen) atoms. The van der Waals surface area contributed by atoms with Gasteiger partial charge in [0.1, 0.15) is 6.04 Å². The van der Waals surface area contributed by atoms with Gasteiger partial charge in [-0.15, -0.1) is 0 Å². The zero-order chi connectivity index (χ0) is 27.6. The van der Waals surface area contributed by atoms with Crippen LogP contribution in [0.2, 0.25) is 0 Å². The summed E-state index contributed by atoms with van der Waals surface area (Å²) in [5, 5.41) is 17.1. The number of aliphatic hydroxyl groups is 1. The molecule has 2 rings (SSSR count). The Bertz CT molecular complexity index is 951. The summed E-state index contributed by atoms with van der Waals surface area (Å²) in [7, 11) is -3.55. The van der Waals surface area contributed by atoms with Crippen LogP contribution in [-0.4, -0.2) is 91.7 Å². The maximum Gasteiger partial charge on any atom is 0.243 e. The Kier molecular flexibility index (Phi) is 12.5. The van der Waals surface area contributed by atoms with Gasteiger partial charge in [0.15, 0.2) is 0 Å². The Morgan fingerprint density at radius 1 is 1.05 bits per heavy atom. The summed E-state index contributed by atoms with van der Waals surface area (Å²) in [5.41, 5.74) is 0.903. The number of amides is 2. The number of benzene rings is 1. The molecule has 1 fully saturated rings. The van der Waals surface area contributed by atoms with Gasteiger partial charge in [-0.3, -0.25) is 14.5 Å². The molecule has 1 unspecified atom stereocenters. The molecule has 0 radical (unpaired) electrons. The Morgan fingerprint density at radius 2 is 1.68 bits per heavy atom. The quantitative estimate of drug-likeness (QED) is 0.312. The summed E-state index contributed by atoms with van der Waals surface area (Å²) in [6, 6.07) is 7.94. The third-order valence-electron chi connectivity index (χ3n) is 6.90. The fourth-order valence-corrected chi connectivity index (χ4v) is 5.57. The standard InChI is InChI=1S/C27H46N4O5S/c1-6-21(4)26(29-25(33)19-30-14-10-11-15-30)27(34)28-23(16-22-12-8-7-9-13-22)24(32)18-31(17-20(2)3)37(5,35)36/h7-9,12-13,20-21,23-24,26,32H,6,10-11,14-19H2,1-5H3,(H,28,34)(H,29,33)/t21?,23-,24+,26-/m0/s1. The molecule has 10 heteroatoms. The van der Waals surface area contributed by atoms with Crippen molar-refractivity contribution in [3.05, 3.63) is 35.9 Å². The molecule has 1 heterocycles. The molecule has 1 aliphatic rings. The second-order valence-electron chi connectivity index (χ2n) is 10.8. The lowest BCUT2D eigenvalue weighted by Crippen LogP contribution is -2.57. The topological polar surface area (TPSA) is 119 Å². The van der Waals surface area contributed by atoms with Crippen molar-refractivity contribution < 1.29 is 23.1 Å². The van der Waals surface area contributed by atoms with E-state index in [1.165, 1.54) is 4.31 Å². The highest BCUT2D eigenvalue weighted by Gasteiger charge is 2.32. The zero-order valence-electron chi connectivity index (χ0n) is 23.0. The zero-order valence-corrected chi connectivity index (χ0v) is 23.8. The molecule has 0 spiro atoms. The van der Waals surface area contributed by atoms with E-state index < -0.39 is 28.2 Å². The highest BCUT2D eigenvalue weighted by Crippen LogP contribution is 2.14. The maximum atomic E-state index is 13.5. The third-order valence-corrected chi connectivity index (χ3v) is 8.13. The van der Waals surface area contributed by atoms with Crippen LogP contribution in [0.5, 0.6) is 0 Å². The number of hydrogen-bond donors (Lipinski definition) is 3. The molecule has 1 saturated heterocycles. The fraction of sp³-hybridized carbons (Fsp3) is 0.704. The van der Waals surface area contributed by atoms with Crippen molar-refractivity contribution in [2.75, 3.05) is 39.0 Å². The van der Waals surface area contributed by atoms with E-state index in [2.05, 4.69) is 15.5 Å². The molecule has 210 valence electrons. The number of aliphatic hydroxyl groups excluding tert-OH is 1. The van der Waals surface area contributed by atoms with Crippen LogP contribution < -0.4 is 10.6 Å². The molecule has 1 aromatic carbocycles. The number of rotatable bonds is 15. The normalized spacial score (nSPS) is 17.9. The van der Waals surface area contributed by atoms with Gasteiger partial charge in [-0.25, -0.2) is 8.42 Å². The van der Waals surface area contributed by atoms with Crippen molar-refractivity contribution in [1.29, 1.82) is 0 Å². The molecule has 0 bridgehead atoms. The van der Waals surface area contributed by atoms with E-state index in [1.54, 1.807) is 0 Å². The van der Waals surface area contributed by atoms with Crippen LogP contribution in [0.1, 0.15) is 52.5 Å². The lowest BCUT2D eigenvalue weighted by Gasteiger charge is -2.32. The molecule has 1 aromatic rings. The van der Waals surface area contributed by atoms with E-state index in [-0.39, 0.29) is 43.3 Å². The number of hydrogen-bond acceptors (Lipinski definition) is 6. The van der Waals surface area contributed by atoms with Crippen LogP contribution in [0.15, 0.2) is 30.3 Å². The van der Waals surface area contributed by atoms with E-state index in [0.29, 0.717) is 12.8 Å². The van der Waals surface area contributed by atoms with Gasteiger partial charge in [0.05, 0.1) is 24.9 Å². The molecule has 0 saturated carbocycles. The summed E-state index contributed by atoms with van der Waals surface area (Å²) >= 11 is 0. The van der Waals surface area contributed by atoms with Crippen molar-refractivity contribution in [3.63, 3.8) is 0 Å². The molecule has 0 aromatic heterocycles. The third kappa shape index (κ3) is 10.7. The van der Waals surface area contributed by atoms with Crippen molar-refractivity contribution in [2.45, 2.75) is 71.6 Å². The summed E-state index contributed by atoms with van der Waals surface area (Å²) in [6.07, 6.45) is 3.13. The minimum absolute atomic E-state index is 0.0738. The predicted octanol–water partition coefficient (Wildman–Crippen LogP) is 1.62. The van der Waals surface area contributed by atoms with Crippen molar-refractivity contribution in [3.8, 4) is 0 Å². The van der Waals surface area contributed by atoms with Crippen molar-refractivity contribution >= 4 is 21.8 Å². The van der Waals surface area contributed by atoms with E-state index in [1.807, 2.05) is 58.0 Å². The van der Waals surface area contributed by atoms with Crippen molar-refractivity contribution in [1.82, 2.24) is 19.8 Å². The first-order valence-electron chi connectivity index (χ1n) is 13.4. The second-order valence-corrected chi connectivity index (χ2v) is 12.7. The first-order valence-corrected chi connectivity index (χ1v) is 15.2. The largest absolute Gasteiger partial charge is 0.390 e. The van der Waals surface area contributed by atoms with Crippen LogP contribution in [0.4, 0.5) is 0 Å². The number of nitrogens with one attached hydrogen (secondary N) is 2. The SMILES string of the molecule is CCC(C)[C@H](NC(=O)CN1CCCC1)C(=O)N[C@@H](Cc1ccccc1)[C@H](O)CN(CC(C)C)S(C)(=O)=O. The Balaban J connectivity index is 2.21. The first-order chi connectivity index (χ1) is 17.4. The minimum Gasteiger partial charge on any atom is -0.390 e. The van der Waals surface area contributed by atoms with Crippen LogP contribution in [0.3, 0.4) is 0 Å². The van der Waals surface area contributed by atoms with Crippen LogP contribution in [0, 0.1) is 11.8 Å². The summed E-state index contributed by atoms with van der Waals surface area (Å²) in [5.74, 6) is -0.614. The monoisotopic (exact) mass is 538 g/mol. The van der Waals surface area contributed by atoms with Gasteiger partial charge in [-0.05, 0) is 49.8 Å². The Morgan fingerprint density at radius 3 is 2.22 bits per heavy atom.